The third-order valence-corrected chi connectivity index (χ3v) is 4.72. The topological polar surface area (TPSA) is 35.6 Å². The van der Waals surface area contributed by atoms with Crippen LogP contribution < -0.4 is 5.32 Å². The number of nitrogens with zero attached hydrogens (tertiary/aromatic N) is 2. The van der Waals surface area contributed by atoms with Gasteiger partial charge in [-0.05, 0) is 30.7 Å². The largest absolute Gasteiger partial charge is 0.374 e. The second kappa shape index (κ2) is 8.55. The molecule has 1 N–H and O–H groups in total. The molecule has 26 heavy (non-hydrogen) atoms. The van der Waals surface area contributed by atoms with E-state index in [1.54, 1.807) is 0 Å². The standard InChI is InChI=1S/C22H25N3O/c1-3-19-10-7-11-21(16-19)23-18(2)22(26)25-14-12-24(13-15-25)17-20-8-5-4-6-9-20/h1,4-11,16,18,23H,12-15,17H2,2H3. The van der Waals surface area contributed by atoms with Gasteiger partial charge in [-0.2, -0.15) is 0 Å². The molecule has 4 nitrogen and oxygen atoms in total. The lowest BCUT2D eigenvalue weighted by molar-refractivity contribution is -0.133. The van der Waals surface area contributed by atoms with Gasteiger partial charge in [-0.25, -0.2) is 0 Å². The zero-order valence-corrected chi connectivity index (χ0v) is 15.2. The summed E-state index contributed by atoms with van der Waals surface area (Å²) in [5.74, 6) is 2.75. The first-order chi connectivity index (χ1) is 12.7. The molecular weight excluding hydrogens is 322 g/mol. The van der Waals surface area contributed by atoms with Crippen molar-refractivity contribution in [2.24, 2.45) is 0 Å². The molecule has 4 heteroatoms. The molecule has 1 unspecified atom stereocenters. The number of benzene rings is 2. The van der Waals surface area contributed by atoms with Crippen LogP contribution in [0.5, 0.6) is 0 Å². The monoisotopic (exact) mass is 347 g/mol. The van der Waals surface area contributed by atoms with E-state index < -0.39 is 0 Å². The quantitative estimate of drug-likeness (QED) is 0.845. The number of carbonyl (C=O) groups is 1. The van der Waals surface area contributed by atoms with Gasteiger partial charge in [0.1, 0.15) is 6.04 Å². The summed E-state index contributed by atoms with van der Waals surface area (Å²) in [5.41, 5.74) is 3.00. The second-order valence-electron chi connectivity index (χ2n) is 6.68. The van der Waals surface area contributed by atoms with Crippen LogP contribution in [0.4, 0.5) is 5.69 Å². The van der Waals surface area contributed by atoms with Crippen molar-refractivity contribution in [1.82, 2.24) is 9.80 Å². The van der Waals surface area contributed by atoms with Crippen molar-refractivity contribution in [3.05, 3.63) is 65.7 Å². The molecule has 1 atom stereocenters. The lowest BCUT2D eigenvalue weighted by atomic mass is 10.1. The molecule has 1 aliphatic heterocycles. The molecule has 0 bridgehead atoms. The molecule has 2 aromatic carbocycles. The molecule has 0 radical (unpaired) electrons. The van der Waals surface area contributed by atoms with Crippen LogP contribution in [-0.2, 0) is 11.3 Å². The van der Waals surface area contributed by atoms with Crippen LogP contribution in [0.1, 0.15) is 18.1 Å². The minimum atomic E-state index is -0.274. The van der Waals surface area contributed by atoms with E-state index in [4.69, 9.17) is 6.42 Å². The number of piperazine rings is 1. The van der Waals surface area contributed by atoms with Crippen LogP contribution in [-0.4, -0.2) is 47.9 Å². The van der Waals surface area contributed by atoms with Crippen LogP contribution in [0.15, 0.2) is 54.6 Å². The van der Waals surface area contributed by atoms with E-state index in [2.05, 4.69) is 40.4 Å². The molecule has 0 spiro atoms. The molecule has 1 fully saturated rings. The van der Waals surface area contributed by atoms with Crippen LogP contribution >= 0.6 is 0 Å². The van der Waals surface area contributed by atoms with Gasteiger partial charge >= 0.3 is 0 Å². The zero-order valence-electron chi connectivity index (χ0n) is 15.2. The Balaban J connectivity index is 1.50. The van der Waals surface area contributed by atoms with Crippen molar-refractivity contribution < 1.29 is 4.79 Å². The van der Waals surface area contributed by atoms with Crippen molar-refractivity contribution in [3.63, 3.8) is 0 Å². The van der Waals surface area contributed by atoms with Gasteiger partial charge in [-0.1, -0.05) is 42.3 Å². The first-order valence-corrected chi connectivity index (χ1v) is 9.04. The number of hydrogen-bond donors (Lipinski definition) is 1. The molecule has 0 aromatic heterocycles. The summed E-state index contributed by atoms with van der Waals surface area (Å²) in [6.07, 6.45) is 5.44. The lowest BCUT2D eigenvalue weighted by Gasteiger charge is -2.36. The number of amides is 1. The van der Waals surface area contributed by atoms with E-state index in [1.807, 2.05) is 42.2 Å². The van der Waals surface area contributed by atoms with Crippen LogP contribution in [0.25, 0.3) is 0 Å². The summed E-state index contributed by atoms with van der Waals surface area (Å²) in [7, 11) is 0. The molecular formula is C22H25N3O. The van der Waals surface area contributed by atoms with Gasteiger partial charge < -0.3 is 10.2 Å². The molecule has 0 saturated carbocycles. The number of anilines is 1. The van der Waals surface area contributed by atoms with Crippen molar-refractivity contribution in [1.29, 1.82) is 0 Å². The maximum Gasteiger partial charge on any atom is 0.244 e. The predicted octanol–water partition coefficient (Wildman–Crippen LogP) is 2.81. The summed E-state index contributed by atoms with van der Waals surface area (Å²) in [6.45, 7) is 6.18. The average Bonchev–Trinajstić information content (AvgIpc) is 2.69. The fraction of sp³-hybridized carbons (Fsp3) is 0.318. The normalized spacial score (nSPS) is 15.9. The van der Waals surface area contributed by atoms with E-state index in [-0.39, 0.29) is 11.9 Å². The van der Waals surface area contributed by atoms with E-state index in [1.165, 1.54) is 5.56 Å². The van der Waals surface area contributed by atoms with Gasteiger partial charge in [-0.3, -0.25) is 9.69 Å². The Kier molecular flexibility index (Phi) is 5.93. The van der Waals surface area contributed by atoms with Gasteiger partial charge in [0.25, 0.3) is 0 Å². The van der Waals surface area contributed by atoms with Crippen molar-refractivity contribution in [2.45, 2.75) is 19.5 Å². The SMILES string of the molecule is C#Cc1cccc(NC(C)C(=O)N2CCN(Cc3ccccc3)CC2)c1. The van der Waals surface area contributed by atoms with Gasteiger partial charge in [-0.15, -0.1) is 6.42 Å². The smallest absolute Gasteiger partial charge is 0.244 e. The predicted molar refractivity (Wildman–Crippen MR) is 106 cm³/mol. The Morgan fingerprint density at radius 3 is 2.54 bits per heavy atom. The highest BCUT2D eigenvalue weighted by Gasteiger charge is 2.24. The first kappa shape index (κ1) is 18.0. The van der Waals surface area contributed by atoms with Crippen molar-refractivity contribution in [3.8, 4) is 12.3 Å². The summed E-state index contributed by atoms with van der Waals surface area (Å²) in [5, 5.41) is 3.26. The van der Waals surface area contributed by atoms with Gasteiger partial charge in [0.15, 0.2) is 0 Å². The molecule has 3 rings (SSSR count). The molecule has 1 heterocycles. The summed E-state index contributed by atoms with van der Waals surface area (Å²) in [6, 6.07) is 17.8. The summed E-state index contributed by atoms with van der Waals surface area (Å²) < 4.78 is 0. The molecule has 1 saturated heterocycles. The molecule has 0 aliphatic carbocycles. The minimum absolute atomic E-state index is 0.135. The molecule has 2 aromatic rings. The molecule has 1 aliphatic rings. The lowest BCUT2D eigenvalue weighted by Crippen LogP contribution is -2.51. The Morgan fingerprint density at radius 2 is 1.85 bits per heavy atom. The third-order valence-electron chi connectivity index (χ3n) is 4.72. The number of rotatable bonds is 5. The average molecular weight is 347 g/mol. The summed E-state index contributed by atoms with van der Waals surface area (Å²) in [4.78, 5) is 17.1. The second-order valence-corrected chi connectivity index (χ2v) is 6.68. The van der Waals surface area contributed by atoms with Crippen molar-refractivity contribution >= 4 is 11.6 Å². The van der Waals surface area contributed by atoms with E-state index in [9.17, 15) is 4.79 Å². The summed E-state index contributed by atoms with van der Waals surface area (Å²) >= 11 is 0. The van der Waals surface area contributed by atoms with Crippen LogP contribution in [0.3, 0.4) is 0 Å². The van der Waals surface area contributed by atoms with E-state index in [0.717, 1.165) is 44.0 Å². The van der Waals surface area contributed by atoms with E-state index in [0.29, 0.717) is 0 Å². The first-order valence-electron chi connectivity index (χ1n) is 9.04. The molecule has 134 valence electrons. The highest BCUT2D eigenvalue weighted by Crippen LogP contribution is 2.14. The van der Waals surface area contributed by atoms with Gasteiger partial charge in [0, 0.05) is 44.0 Å². The Hall–Kier alpha value is -2.77. The van der Waals surface area contributed by atoms with Crippen LogP contribution in [0, 0.1) is 12.3 Å². The minimum Gasteiger partial charge on any atom is -0.374 e. The Bertz CT molecular complexity index is 773. The molecule has 1 amide bonds. The zero-order chi connectivity index (χ0) is 18.4. The van der Waals surface area contributed by atoms with E-state index >= 15 is 0 Å². The maximum atomic E-state index is 12.7. The highest BCUT2D eigenvalue weighted by molar-refractivity contribution is 5.84. The Labute approximate surface area is 155 Å². The third kappa shape index (κ3) is 4.65. The fourth-order valence-corrected chi connectivity index (χ4v) is 3.25. The van der Waals surface area contributed by atoms with Crippen LogP contribution in [0.2, 0.25) is 0 Å². The number of terminal acetylenes is 1. The van der Waals surface area contributed by atoms with Crippen molar-refractivity contribution in [2.75, 3.05) is 31.5 Å². The highest BCUT2D eigenvalue weighted by atomic mass is 16.2. The Morgan fingerprint density at radius 1 is 1.12 bits per heavy atom. The number of nitrogens with one attached hydrogen (secondary N) is 1. The number of carbonyl (C=O) groups excluding carboxylic acids is 1. The fourth-order valence-electron chi connectivity index (χ4n) is 3.25. The number of hydrogen-bond acceptors (Lipinski definition) is 3. The maximum absolute atomic E-state index is 12.7. The van der Waals surface area contributed by atoms with Gasteiger partial charge in [0.05, 0.1) is 0 Å². The van der Waals surface area contributed by atoms with Gasteiger partial charge in [0.2, 0.25) is 5.91 Å².